The molecule has 0 atom stereocenters. The maximum atomic E-state index is 12.1. The molecule has 0 unspecified atom stereocenters. The van der Waals surface area contributed by atoms with Crippen molar-refractivity contribution in [1.82, 2.24) is 0 Å². The molecule has 0 fully saturated rings. The Morgan fingerprint density at radius 2 is 1.88 bits per heavy atom. The summed E-state index contributed by atoms with van der Waals surface area (Å²) >= 11 is 3.42. The summed E-state index contributed by atoms with van der Waals surface area (Å²) in [6.07, 6.45) is 1.73. The van der Waals surface area contributed by atoms with E-state index < -0.39 is 5.97 Å². The van der Waals surface area contributed by atoms with E-state index >= 15 is 0 Å². The first-order chi connectivity index (χ1) is 12.0. The van der Waals surface area contributed by atoms with Gasteiger partial charge in [0.05, 0.1) is 11.6 Å². The zero-order chi connectivity index (χ0) is 18.0. The number of nitrogens with zero attached hydrogens (tertiary/aromatic N) is 1. The van der Waals surface area contributed by atoms with Crippen LogP contribution >= 0.6 is 15.9 Å². The second kappa shape index (κ2) is 7.23. The number of aliphatic imine (C=N–C) groups is 1. The maximum Gasteiger partial charge on any atom is 0.363 e. The van der Waals surface area contributed by atoms with Crippen molar-refractivity contribution >= 4 is 33.9 Å². The molecule has 128 valence electrons. The Hall–Kier alpha value is -2.40. The van der Waals surface area contributed by atoms with Gasteiger partial charge in [-0.05, 0) is 57.2 Å². The van der Waals surface area contributed by atoms with Crippen LogP contribution in [0.25, 0.3) is 6.08 Å². The van der Waals surface area contributed by atoms with Gasteiger partial charge in [0.25, 0.3) is 0 Å². The first-order valence-electron chi connectivity index (χ1n) is 7.94. The van der Waals surface area contributed by atoms with Gasteiger partial charge in [-0.3, -0.25) is 0 Å². The maximum absolute atomic E-state index is 12.1. The fourth-order valence-corrected chi connectivity index (χ4v) is 3.01. The van der Waals surface area contributed by atoms with E-state index in [1.807, 2.05) is 18.2 Å². The molecule has 0 aliphatic carbocycles. The number of hydrogen-bond donors (Lipinski definition) is 0. The summed E-state index contributed by atoms with van der Waals surface area (Å²) in [4.78, 5) is 16.4. The molecule has 2 aromatic carbocycles. The van der Waals surface area contributed by atoms with Crippen LogP contribution < -0.4 is 4.74 Å². The van der Waals surface area contributed by atoms with E-state index in [4.69, 9.17) is 9.47 Å². The molecular weight excluding hydrogens is 382 g/mol. The third-order valence-corrected chi connectivity index (χ3v) is 4.55. The number of halogens is 1. The van der Waals surface area contributed by atoms with Crippen LogP contribution in [0.5, 0.6) is 5.75 Å². The Bertz CT molecular complexity index is 867. The van der Waals surface area contributed by atoms with Crippen molar-refractivity contribution in [2.75, 3.05) is 7.11 Å². The molecule has 0 amide bonds. The highest BCUT2D eigenvalue weighted by Crippen LogP contribution is 2.28. The Labute approximate surface area is 155 Å². The summed E-state index contributed by atoms with van der Waals surface area (Å²) in [5, 5.41) is 0. The molecule has 0 saturated heterocycles. The molecule has 4 nitrogen and oxygen atoms in total. The third kappa shape index (κ3) is 3.82. The Kier molecular flexibility index (Phi) is 5.04. The highest BCUT2D eigenvalue weighted by molar-refractivity contribution is 9.10. The van der Waals surface area contributed by atoms with E-state index in [0.717, 1.165) is 10.0 Å². The molecule has 0 radical (unpaired) electrons. The van der Waals surface area contributed by atoms with Gasteiger partial charge < -0.3 is 9.47 Å². The van der Waals surface area contributed by atoms with Gasteiger partial charge in [0.15, 0.2) is 5.70 Å². The number of benzene rings is 2. The van der Waals surface area contributed by atoms with Crippen molar-refractivity contribution in [2.45, 2.75) is 19.8 Å². The van der Waals surface area contributed by atoms with Gasteiger partial charge in [0, 0.05) is 5.56 Å². The van der Waals surface area contributed by atoms with Gasteiger partial charge in [-0.25, -0.2) is 9.79 Å². The van der Waals surface area contributed by atoms with Crippen molar-refractivity contribution in [3.05, 3.63) is 69.3 Å². The van der Waals surface area contributed by atoms with E-state index in [1.54, 1.807) is 25.3 Å². The minimum absolute atomic E-state index is 0.290. The second-order valence-electron chi connectivity index (χ2n) is 6.01. The summed E-state index contributed by atoms with van der Waals surface area (Å²) in [5.41, 5.74) is 3.17. The minimum Gasteiger partial charge on any atom is -0.496 e. The predicted molar refractivity (Wildman–Crippen MR) is 102 cm³/mol. The van der Waals surface area contributed by atoms with Crippen molar-refractivity contribution in [2.24, 2.45) is 4.99 Å². The van der Waals surface area contributed by atoms with Gasteiger partial charge in [0.1, 0.15) is 5.75 Å². The topological polar surface area (TPSA) is 47.9 Å². The van der Waals surface area contributed by atoms with Crippen LogP contribution in [0.2, 0.25) is 0 Å². The van der Waals surface area contributed by atoms with Crippen molar-refractivity contribution in [3.63, 3.8) is 0 Å². The molecule has 2 aromatic rings. The zero-order valence-electron chi connectivity index (χ0n) is 14.2. The molecule has 25 heavy (non-hydrogen) atoms. The molecule has 3 rings (SSSR count). The van der Waals surface area contributed by atoms with Crippen LogP contribution in [0.15, 0.2) is 57.6 Å². The summed E-state index contributed by atoms with van der Waals surface area (Å²) in [7, 11) is 1.60. The number of hydrogen-bond acceptors (Lipinski definition) is 4. The standard InChI is InChI=1S/C20H18BrNO3/c1-12(2)14-6-4-13(5-7-14)10-17-20(23)25-19(22-17)15-8-9-18(24-3)16(21)11-15/h4-12H,1-3H3. The van der Waals surface area contributed by atoms with E-state index in [-0.39, 0.29) is 0 Å². The molecule has 1 aliphatic rings. The normalized spacial score (nSPS) is 15.5. The number of ether oxygens (including phenoxy) is 2. The molecule has 0 saturated carbocycles. The Morgan fingerprint density at radius 1 is 1.16 bits per heavy atom. The van der Waals surface area contributed by atoms with Gasteiger partial charge in [0.2, 0.25) is 5.90 Å². The fourth-order valence-electron chi connectivity index (χ4n) is 2.47. The smallest absolute Gasteiger partial charge is 0.363 e. The highest BCUT2D eigenvalue weighted by atomic mass is 79.9. The monoisotopic (exact) mass is 399 g/mol. The Balaban J connectivity index is 1.88. The van der Waals surface area contributed by atoms with E-state index in [1.165, 1.54) is 5.56 Å². The van der Waals surface area contributed by atoms with Crippen LogP contribution in [-0.4, -0.2) is 19.0 Å². The summed E-state index contributed by atoms with van der Waals surface area (Å²) < 4.78 is 11.3. The first-order valence-corrected chi connectivity index (χ1v) is 8.73. The molecule has 1 heterocycles. The quantitative estimate of drug-likeness (QED) is 0.541. The number of rotatable bonds is 4. The third-order valence-electron chi connectivity index (χ3n) is 3.93. The molecule has 0 spiro atoms. The van der Waals surface area contributed by atoms with Gasteiger partial charge in [-0.15, -0.1) is 0 Å². The van der Waals surface area contributed by atoms with E-state index in [2.05, 4.69) is 46.9 Å². The molecule has 0 aromatic heterocycles. The molecule has 0 bridgehead atoms. The average Bonchev–Trinajstić information content (AvgIpc) is 2.96. The van der Waals surface area contributed by atoms with E-state index in [0.29, 0.717) is 28.8 Å². The predicted octanol–water partition coefficient (Wildman–Crippen LogP) is 4.93. The van der Waals surface area contributed by atoms with Crippen molar-refractivity contribution < 1.29 is 14.3 Å². The van der Waals surface area contributed by atoms with Crippen LogP contribution in [0, 0.1) is 0 Å². The number of cyclic esters (lactones) is 1. The lowest BCUT2D eigenvalue weighted by molar-refractivity contribution is -0.129. The lowest BCUT2D eigenvalue weighted by Crippen LogP contribution is -2.05. The number of esters is 1. The Morgan fingerprint density at radius 3 is 2.48 bits per heavy atom. The summed E-state index contributed by atoms with van der Waals surface area (Å²) in [5.74, 6) is 1.01. The highest BCUT2D eigenvalue weighted by Gasteiger charge is 2.24. The van der Waals surface area contributed by atoms with Gasteiger partial charge >= 0.3 is 5.97 Å². The second-order valence-corrected chi connectivity index (χ2v) is 6.86. The van der Waals surface area contributed by atoms with Crippen LogP contribution in [-0.2, 0) is 9.53 Å². The molecule has 5 heteroatoms. The number of carbonyl (C=O) groups excluding carboxylic acids is 1. The van der Waals surface area contributed by atoms with Crippen LogP contribution in [0.3, 0.4) is 0 Å². The minimum atomic E-state index is -0.449. The molecule has 1 aliphatic heterocycles. The first kappa shape index (κ1) is 17.4. The largest absolute Gasteiger partial charge is 0.496 e. The number of methoxy groups -OCH3 is 1. The summed E-state index contributed by atoms with van der Waals surface area (Å²) in [6, 6.07) is 13.5. The number of carbonyl (C=O) groups is 1. The molecular formula is C20H18BrNO3. The molecule has 0 N–H and O–H groups in total. The van der Waals surface area contributed by atoms with Gasteiger partial charge in [-0.1, -0.05) is 38.1 Å². The average molecular weight is 400 g/mol. The van der Waals surface area contributed by atoms with Crippen molar-refractivity contribution in [3.8, 4) is 5.75 Å². The summed E-state index contributed by atoms with van der Waals surface area (Å²) in [6.45, 7) is 4.29. The van der Waals surface area contributed by atoms with E-state index in [9.17, 15) is 4.79 Å². The van der Waals surface area contributed by atoms with Crippen molar-refractivity contribution in [1.29, 1.82) is 0 Å². The van der Waals surface area contributed by atoms with Crippen LogP contribution in [0.1, 0.15) is 36.5 Å². The zero-order valence-corrected chi connectivity index (χ0v) is 15.8. The SMILES string of the molecule is COc1ccc(C2=NC(=Cc3ccc(C(C)C)cc3)C(=O)O2)cc1Br. The van der Waals surface area contributed by atoms with Crippen LogP contribution in [0.4, 0.5) is 0 Å². The van der Waals surface area contributed by atoms with Gasteiger partial charge in [-0.2, -0.15) is 0 Å². The lowest BCUT2D eigenvalue weighted by Gasteiger charge is -2.05. The fraction of sp³-hybridized carbons (Fsp3) is 0.200. The lowest BCUT2D eigenvalue weighted by atomic mass is 10.0.